The zero-order chi connectivity index (χ0) is 14.5. The van der Waals surface area contributed by atoms with E-state index in [2.05, 4.69) is 5.32 Å². The molecule has 4 heteroatoms. The van der Waals surface area contributed by atoms with Gasteiger partial charge in [0.05, 0.1) is 0 Å². The molecule has 2 rings (SSSR count). The van der Waals surface area contributed by atoms with Gasteiger partial charge in [-0.2, -0.15) is 0 Å². The molecule has 0 amide bonds. The molecular formula is C16H16Cl2FN. The lowest BCUT2D eigenvalue weighted by Crippen LogP contribution is -2.30. The van der Waals surface area contributed by atoms with Gasteiger partial charge in [0, 0.05) is 16.1 Å². The molecule has 0 radical (unpaired) electrons. The van der Waals surface area contributed by atoms with Gasteiger partial charge in [-0.3, -0.25) is 0 Å². The van der Waals surface area contributed by atoms with Crippen molar-refractivity contribution in [2.75, 3.05) is 7.05 Å². The predicted octanol–water partition coefficient (Wildman–Crippen LogP) is 4.51. The fourth-order valence-corrected chi connectivity index (χ4v) is 2.53. The van der Waals surface area contributed by atoms with Crippen LogP contribution in [0.25, 0.3) is 0 Å². The fourth-order valence-electron chi connectivity index (χ4n) is 2.16. The van der Waals surface area contributed by atoms with Crippen LogP contribution in [0.3, 0.4) is 0 Å². The Bertz CT molecular complexity index is 586. The van der Waals surface area contributed by atoms with E-state index in [0.717, 1.165) is 17.0 Å². The van der Waals surface area contributed by atoms with Gasteiger partial charge in [0.2, 0.25) is 0 Å². The molecule has 0 spiro atoms. The van der Waals surface area contributed by atoms with E-state index >= 15 is 0 Å². The highest BCUT2D eigenvalue weighted by Crippen LogP contribution is 2.20. The number of rotatable bonds is 5. The maximum Gasteiger partial charge on any atom is 0.127 e. The first-order valence-corrected chi connectivity index (χ1v) is 7.20. The summed E-state index contributed by atoms with van der Waals surface area (Å²) in [6.45, 7) is 0. The Morgan fingerprint density at radius 3 is 2.40 bits per heavy atom. The molecule has 2 aromatic carbocycles. The summed E-state index contributed by atoms with van der Waals surface area (Å²) in [6.07, 6.45) is 1.34. The van der Waals surface area contributed by atoms with Crippen molar-refractivity contribution in [3.63, 3.8) is 0 Å². The molecule has 0 aliphatic heterocycles. The summed E-state index contributed by atoms with van der Waals surface area (Å²) in [5.74, 6) is -0.267. The average molecular weight is 312 g/mol. The minimum absolute atomic E-state index is 0.116. The van der Waals surface area contributed by atoms with Gasteiger partial charge in [0.1, 0.15) is 5.82 Å². The second kappa shape index (κ2) is 7.07. The number of nitrogens with one attached hydrogen (secondary N) is 1. The van der Waals surface area contributed by atoms with E-state index in [-0.39, 0.29) is 11.9 Å². The highest BCUT2D eigenvalue weighted by Gasteiger charge is 2.13. The van der Waals surface area contributed by atoms with E-state index in [0.29, 0.717) is 17.0 Å². The van der Waals surface area contributed by atoms with E-state index in [9.17, 15) is 4.39 Å². The number of halogens is 3. The molecule has 1 atom stereocenters. The van der Waals surface area contributed by atoms with Gasteiger partial charge in [-0.1, -0.05) is 47.5 Å². The number of likely N-dealkylation sites (N-methyl/N-ethyl adjacent to an activating group) is 1. The van der Waals surface area contributed by atoms with Gasteiger partial charge in [0.15, 0.2) is 0 Å². The second-order valence-corrected chi connectivity index (χ2v) is 5.56. The highest BCUT2D eigenvalue weighted by atomic mass is 35.5. The lowest BCUT2D eigenvalue weighted by atomic mass is 9.99. The van der Waals surface area contributed by atoms with Crippen molar-refractivity contribution >= 4 is 23.2 Å². The van der Waals surface area contributed by atoms with E-state index < -0.39 is 0 Å². The van der Waals surface area contributed by atoms with Crippen molar-refractivity contribution < 1.29 is 4.39 Å². The molecule has 0 fully saturated rings. The first-order chi connectivity index (χ1) is 9.60. The maximum absolute atomic E-state index is 13.8. The number of hydrogen-bond acceptors (Lipinski definition) is 1. The topological polar surface area (TPSA) is 12.0 Å². The summed E-state index contributed by atoms with van der Waals surface area (Å²) in [4.78, 5) is 0. The SMILES string of the molecule is CNC(Cc1ccc(Cl)cc1F)Cc1ccccc1Cl. The first-order valence-electron chi connectivity index (χ1n) is 6.44. The molecule has 1 nitrogen and oxygen atoms in total. The van der Waals surface area contributed by atoms with Crippen LogP contribution >= 0.6 is 23.2 Å². The van der Waals surface area contributed by atoms with E-state index in [1.54, 1.807) is 12.1 Å². The van der Waals surface area contributed by atoms with Crippen molar-refractivity contribution in [2.24, 2.45) is 0 Å². The molecule has 20 heavy (non-hydrogen) atoms. The fraction of sp³-hybridized carbons (Fsp3) is 0.250. The summed E-state index contributed by atoms with van der Waals surface area (Å²) < 4.78 is 13.8. The van der Waals surface area contributed by atoms with Crippen LogP contribution in [0.4, 0.5) is 4.39 Å². The Balaban J connectivity index is 2.11. The van der Waals surface area contributed by atoms with Gasteiger partial charge in [-0.15, -0.1) is 0 Å². The lowest BCUT2D eigenvalue weighted by molar-refractivity contribution is 0.532. The van der Waals surface area contributed by atoms with Crippen LogP contribution in [0.2, 0.25) is 10.0 Å². The quantitative estimate of drug-likeness (QED) is 0.857. The molecular weight excluding hydrogens is 296 g/mol. The molecule has 0 heterocycles. The van der Waals surface area contributed by atoms with Crippen LogP contribution < -0.4 is 5.32 Å². The van der Waals surface area contributed by atoms with Crippen molar-refractivity contribution in [3.8, 4) is 0 Å². The standard InChI is InChI=1S/C16H16Cl2FN/c1-20-14(8-11-4-2-3-5-15(11)18)9-12-6-7-13(17)10-16(12)19/h2-7,10,14,20H,8-9H2,1H3. The summed E-state index contributed by atoms with van der Waals surface area (Å²) in [5, 5.41) is 4.37. The molecule has 106 valence electrons. The summed E-state index contributed by atoms with van der Waals surface area (Å²) in [6, 6.07) is 12.6. The van der Waals surface area contributed by atoms with Crippen molar-refractivity contribution in [3.05, 3.63) is 69.5 Å². The van der Waals surface area contributed by atoms with Crippen LogP contribution in [-0.4, -0.2) is 13.1 Å². The third-order valence-corrected chi connectivity index (χ3v) is 3.92. The summed E-state index contributed by atoms with van der Waals surface area (Å²) in [5.41, 5.74) is 1.71. The van der Waals surface area contributed by atoms with E-state index in [1.807, 2.05) is 31.3 Å². The van der Waals surface area contributed by atoms with Crippen LogP contribution in [-0.2, 0) is 12.8 Å². The molecule has 0 bridgehead atoms. The van der Waals surface area contributed by atoms with Crippen LogP contribution in [0.15, 0.2) is 42.5 Å². The molecule has 0 saturated heterocycles. The van der Waals surface area contributed by atoms with Crippen LogP contribution in [0, 0.1) is 5.82 Å². The van der Waals surface area contributed by atoms with Crippen LogP contribution in [0.5, 0.6) is 0 Å². The molecule has 0 aliphatic rings. The van der Waals surface area contributed by atoms with Crippen LogP contribution in [0.1, 0.15) is 11.1 Å². The van der Waals surface area contributed by atoms with Gasteiger partial charge >= 0.3 is 0 Å². The van der Waals surface area contributed by atoms with Crippen molar-refractivity contribution in [2.45, 2.75) is 18.9 Å². The zero-order valence-corrected chi connectivity index (χ0v) is 12.7. The number of hydrogen-bond donors (Lipinski definition) is 1. The molecule has 1 unspecified atom stereocenters. The Morgan fingerprint density at radius 2 is 1.75 bits per heavy atom. The van der Waals surface area contributed by atoms with Crippen molar-refractivity contribution in [1.82, 2.24) is 5.32 Å². The molecule has 0 aliphatic carbocycles. The van der Waals surface area contributed by atoms with Crippen molar-refractivity contribution in [1.29, 1.82) is 0 Å². The molecule has 0 aromatic heterocycles. The zero-order valence-electron chi connectivity index (χ0n) is 11.2. The average Bonchev–Trinajstić information content (AvgIpc) is 2.43. The second-order valence-electron chi connectivity index (χ2n) is 4.72. The first kappa shape index (κ1) is 15.3. The van der Waals surface area contributed by atoms with E-state index in [1.165, 1.54) is 6.07 Å². The van der Waals surface area contributed by atoms with Gasteiger partial charge in [-0.05, 0) is 49.2 Å². The minimum atomic E-state index is -0.267. The van der Waals surface area contributed by atoms with Gasteiger partial charge < -0.3 is 5.32 Å². The highest BCUT2D eigenvalue weighted by molar-refractivity contribution is 6.31. The summed E-state index contributed by atoms with van der Waals surface area (Å²) >= 11 is 11.9. The summed E-state index contributed by atoms with van der Waals surface area (Å²) in [7, 11) is 1.87. The van der Waals surface area contributed by atoms with E-state index in [4.69, 9.17) is 23.2 Å². The normalized spacial score (nSPS) is 12.4. The monoisotopic (exact) mass is 311 g/mol. The molecule has 2 aromatic rings. The molecule has 0 saturated carbocycles. The third kappa shape index (κ3) is 3.95. The molecule has 1 N–H and O–H groups in total. The Labute approximate surface area is 128 Å². The third-order valence-electron chi connectivity index (χ3n) is 3.31. The largest absolute Gasteiger partial charge is 0.316 e. The minimum Gasteiger partial charge on any atom is -0.316 e. The maximum atomic E-state index is 13.8. The van der Waals surface area contributed by atoms with Gasteiger partial charge in [0.25, 0.3) is 0 Å². The predicted molar refractivity (Wildman–Crippen MR) is 83.1 cm³/mol. The Morgan fingerprint density at radius 1 is 1.05 bits per heavy atom. The Hall–Kier alpha value is -1.09. The number of benzene rings is 2. The van der Waals surface area contributed by atoms with Gasteiger partial charge in [-0.25, -0.2) is 4.39 Å². The Kier molecular flexibility index (Phi) is 5.41. The lowest BCUT2D eigenvalue weighted by Gasteiger charge is -2.17. The smallest absolute Gasteiger partial charge is 0.127 e.